The second kappa shape index (κ2) is 9.42. The molecule has 1 saturated heterocycles. The molecule has 1 atom stereocenters. The van der Waals surface area contributed by atoms with Crippen molar-refractivity contribution in [1.29, 1.82) is 0 Å². The summed E-state index contributed by atoms with van der Waals surface area (Å²) in [4.78, 5) is 24.8. The van der Waals surface area contributed by atoms with E-state index in [1.54, 1.807) is 12.1 Å². The van der Waals surface area contributed by atoms with Gasteiger partial charge in [0.05, 0.1) is 25.2 Å². The molecule has 2 N–H and O–H groups in total. The smallest absolute Gasteiger partial charge is 0.329 e. The van der Waals surface area contributed by atoms with Crippen LogP contribution in [0.1, 0.15) is 22.3 Å². The average Bonchev–Trinajstić information content (AvgIpc) is 2.69. The zero-order valence-electron chi connectivity index (χ0n) is 15.9. The molecule has 1 aromatic rings. The lowest BCUT2D eigenvalue weighted by molar-refractivity contribution is -0.145. The van der Waals surface area contributed by atoms with Crippen LogP contribution in [0, 0.1) is 29.1 Å². The number of hydrogen-bond acceptors (Lipinski definition) is 6. The topological polar surface area (TPSA) is 110 Å². The number of ether oxygens (including phenoxy) is 1. The highest BCUT2D eigenvalue weighted by Gasteiger charge is 2.55. The van der Waals surface area contributed by atoms with Crippen LogP contribution in [0.3, 0.4) is 0 Å². The highest BCUT2D eigenvalue weighted by Crippen LogP contribution is 2.38. The molecule has 0 radical (unpaired) electrons. The first-order valence-electron chi connectivity index (χ1n) is 8.69. The van der Waals surface area contributed by atoms with Crippen molar-refractivity contribution in [2.24, 2.45) is 5.41 Å². The molecule has 1 aliphatic heterocycles. The second-order valence-electron chi connectivity index (χ2n) is 6.50. The summed E-state index contributed by atoms with van der Waals surface area (Å²) in [6, 6.07) is 5.15. The standard InChI is InChI=1S/C21H21NO6S/c1-3-21(14-29(26,27)15-21)18(20(25)28-2)22-19(24)17-11-9-16(10-12-17)8-6-4-5-7-13-23/h3,9-12,18,23H,1,7,13-15H2,2H3,(H,22,24)/t18-/m1/s1. The Bertz CT molecular complexity index is 1010. The number of sulfone groups is 1. The maximum Gasteiger partial charge on any atom is 0.329 e. The molecule has 0 bridgehead atoms. The SMILES string of the molecule is C=CC1([C@H](NC(=O)c2ccc(C#CC#CCCO)cc2)C(=O)OC)CS(=O)(=O)C1. The summed E-state index contributed by atoms with van der Waals surface area (Å²) in [6.07, 6.45) is 1.73. The van der Waals surface area contributed by atoms with Crippen molar-refractivity contribution in [1.82, 2.24) is 5.32 Å². The molecule has 1 fully saturated rings. The Labute approximate surface area is 170 Å². The van der Waals surface area contributed by atoms with Crippen LogP contribution in [0.4, 0.5) is 0 Å². The van der Waals surface area contributed by atoms with E-state index < -0.39 is 33.2 Å². The molecular weight excluding hydrogens is 394 g/mol. The minimum Gasteiger partial charge on any atom is -0.467 e. The fourth-order valence-corrected chi connectivity index (χ4v) is 5.04. The third kappa shape index (κ3) is 5.47. The lowest BCUT2D eigenvalue weighted by atomic mass is 9.82. The first kappa shape index (κ1) is 22.2. The number of rotatable bonds is 6. The van der Waals surface area contributed by atoms with Crippen molar-refractivity contribution in [3.05, 3.63) is 48.0 Å². The normalized spacial score (nSPS) is 16.5. The Hall–Kier alpha value is -3.07. The molecule has 152 valence electrons. The summed E-state index contributed by atoms with van der Waals surface area (Å²) in [5, 5.41) is 11.2. The molecule has 0 spiro atoms. The van der Waals surface area contributed by atoms with Gasteiger partial charge in [-0.2, -0.15) is 0 Å². The third-order valence-corrected chi connectivity index (χ3v) is 6.37. The Morgan fingerprint density at radius 1 is 1.31 bits per heavy atom. The van der Waals surface area contributed by atoms with Crippen molar-refractivity contribution >= 4 is 21.7 Å². The molecule has 0 aliphatic carbocycles. The lowest BCUT2D eigenvalue weighted by Crippen LogP contribution is -2.63. The van der Waals surface area contributed by atoms with E-state index in [0.717, 1.165) is 0 Å². The van der Waals surface area contributed by atoms with Crippen molar-refractivity contribution in [3.63, 3.8) is 0 Å². The summed E-state index contributed by atoms with van der Waals surface area (Å²) in [5.41, 5.74) is -0.186. The van der Waals surface area contributed by atoms with E-state index in [9.17, 15) is 18.0 Å². The molecule has 1 aliphatic rings. The van der Waals surface area contributed by atoms with Crippen LogP contribution in [0.15, 0.2) is 36.9 Å². The van der Waals surface area contributed by atoms with E-state index in [0.29, 0.717) is 12.0 Å². The quantitative estimate of drug-likeness (QED) is 0.393. The van der Waals surface area contributed by atoms with E-state index in [2.05, 4.69) is 35.6 Å². The van der Waals surface area contributed by atoms with Crippen molar-refractivity contribution in [2.75, 3.05) is 25.2 Å². The molecule has 0 aromatic heterocycles. The van der Waals surface area contributed by atoms with Gasteiger partial charge in [-0.1, -0.05) is 17.9 Å². The first-order chi connectivity index (χ1) is 13.8. The van der Waals surface area contributed by atoms with Gasteiger partial charge in [-0.25, -0.2) is 13.2 Å². The maximum absolute atomic E-state index is 12.6. The molecule has 8 heteroatoms. The summed E-state index contributed by atoms with van der Waals surface area (Å²) in [6.45, 7) is 3.61. The van der Waals surface area contributed by atoms with E-state index >= 15 is 0 Å². The van der Waals surface area contributed by atoms with Gasteiger partial charge in [-0.05, 0) is 36.1 Å². The predicted molar refractivity (Wildman–Crippen MR) is 107 cm³/mol. The Balaban J connectivity index is 2.15. The first-order valence-corrected chi connectivity index (χ1v) is 10.5. The monoisotopic (exact) mass is 415 g/mol. The number of carbonyl (C=O) groups is 2. The number of nitrogens with one attached hydrogen (secondary N) is 1. The molecule has 7 nitrogen and oxygen atoms in total. The Morgan fingerprint density at radius 3 is 2.48 bits per heavy atom. The highest BCUT2D eigenvalue weighted by molar-refractivity contribution is 7.92. The van der Waals surface area contributed by atoms with Crippen molar-refractivity contribution in [3.8, 4) is 23.7 Å². The Morgan fingerprint density at radius 2 is 1.97 bits per heavy atom. The summed E-state index contributed by atoms with van der Waals surface area (Å²) in [5.74, 6) is 8.87. The zero-order valence-corrected chi connectivity index (χ0v) is 16.7. The summed E-state index contributed by atoms with van der Waals surface area (Å²) >= 11 is 0. The predicted octanol–water partition coefficient (Wildman–Crippen LogP) is 0.296. The molecule has 0 saturated carbocycles. The largest absolute Gasteiger partial charge is 0.467 e. The fraction of sp³-hybridized carbons (Fsp3) is 0.333. The maximum atomic E-state index is 12.6. The second-order valence-corrected chi connectivity index (χ2v) is 8.57. The zero-order chi connectivity index (χ0) is 21.5. The number of carbonyl (C=O) groups excluding carboxylic acids is 2. The highest BCUT2D eigenvalue weighted by atomic mass is 32.2. The Kier molecular flexibility index (Phi) is 7.22. The van der Waals surface area contributed by atoms with Crippen molar-refractivity contribution < 1.29 is 27.9 Å². The van der Waals surface area contributed by atoms with Gasteiger partial charge in [0.25, 0.3) is 5.91 Å². The summed E-state index contributed by atoms with van der Waals surface area (Å²) in [7, 11) is -2.11. The van der Waals surface area contributed by atoms with Gasteiger partial charge < -0.3 is 15.2 Å². The van der Waals surface area contributed by atoms with E-state index in [-0.39, 0.29) is 23.7 Å². The number of esters is 1. The van der Waals surface area contributed by atoms with Crippen LogP contribution >= 0.6 is 0 Å². The summed E-state index contributed by atoms with van der Waals surface area (Å²) < 4.78 is 28.1. The van der Waals surface area contributed by atoms with E-state index in [4.69, 9.17) is 9.84 Å². The molecule has 29 heavy (non-hydrogen) atoms. The lowest BCUT2D eigenvalue weighted by Gasteiger charge is -2.43. The number of aliphatic hydroxyl groups excluding tert-OH is 1. The van der Waals surface area contributed by atoms with Gasteiger partial charge in [0.2, 0.25) is 0 Å². The van der Waals surface area contributed by atoms with Crippen LogP contribution in [-0.2, 0) is 19.4 Å². The number of aliphatic hydroxyl groups is 1. The van der Waals surface area contributed by atoms with Crippen molar-refractivity contribution in [2.45, 2.75) is 12.5 Å². The van der Waals surface area contributed by atoms with Gasteiger partial charge in [0.15, 0.2) is 9.84 Å². The minimum absolute atomic E-state index is 0.0237. The molecule has 0 unspecified atom stereocenters. The van der Waals surface area contributed by atoms with Crippen LogP contribution in [-0.4, -0.2) is 56.7 Å². The number of hydrogen-bond donors (Lipinski definition) is 2. The van der Waals surface area contributed by atoms with Gasteiger partial charge in [0.1, 0.15) is 6.04 Å². The number of methoxy groups -OCH3 is 1. The molecule has 1 amide bonds. The van der Waals surface area contributed by atoms with Gasteiger partial charge in [0, 0.05) is 23.0 Å². The molecular formula is C21H21NO6S. The van der Waals surface area contributed by atoms with E-state index in [1.165, 1.54) is 25.3 Å². The van der Waals surface area contributed by atoms with E-state index in [1.807, 2.05) is 0 Å². The van der Waals surface area contributed by atoms with Crippen LogP contribution < -0.4 is 5.32 Å². The van der Waals surface area contributed by atoms with Gasteiger partial charge in [-0.15, -0.1) is 6.58 Å². The van der Waals surface area contributed by atoms with Crippen LogP contribution in [0.2, 0.25) is 0 Å². The van der Waals surface area contributed by atoms with Crippen LogP contribution in [0.5, 0.6) is 0 Å². The molecule has 2 rings (SSSR count). The molecule has 1 heterocycles. The fourth-order valence-electron chi connectivity index (χ4n) is 2.92. The minimum atomic E-state index is -3.28. The number of amides is 1. The third-order valence-electron chi connectivity index (χ3n) is 4.41. The molecule has 1 aromatic carbocycles. The van der Waals surface area contributed by atoms with Crippen LogP contribution in [0.25, 0.3) is 0 Å². The average molecular weight is 415 g/mol. The number of benzene rings is 1. The van der Waals surface area contributed by atoms with Gasteiger partial charge >= 0.3 is 5.97 Å². The van der Waals surface area contributed by atoms with Gasteiger partial charge in [-0.3, -0.25) is 4.79 Å².